The Hall–Kier alpha value is -0.560. The van der Waals surface area contributed by atoms with Gasteiger partial charge < -0.3 is 5.32 Å². The van der Waals surface area contributed by atoms with Crippen molar-refractivity contribution in [2.24, 2.45) is 5.41 Å². The van der Waals surface area contributed by atoms with Crippen LogP contribution < -0.4 is 5.32 Å². The van der Waals surface area contributed by atoms with Crippen molar-refractivity contribution in [2.75, 3.05) is 13.1 Å². The van der Waals surface area contributed by atoms with Crippen LogP contribution in [0.3, 0.4) is 0 Å². The van der Waals surface area contributed by atoms with E-state index in [2.05, 4.69) is 43.5 Å². The third-order valence-electron chi connectivity index (χ3n) is 2.11. The highest BCUT2D eigenvalue weighted by Gasteiger charge is 2.19. The van der Waals surface area contributed by atoms with E-state index >= 15 is 0 Å². The molecule has 0 bridgehead atoms. The first-order valence-electron chi connectivity index (χ1n) is 4.32. The minimum absolute atomic E-state index is 0.352. The van der Waals surface area contributed by atoms with Crippen molar-refractivity contribution in [3.63, 3.8) is 0 Å². The van der Waals surface area contributed by atoms with Crippen molar-refractivity contribution < 1.29 is 0 Å². The second kappa shape index (κ2) is 3.72. The molecular formula is C10H17N. The molecule has 0 saturated carbocycles. The maximum absolute atomic E-state index is 3.37. The molecule has 1 unspecified atom stereocenters. The summed E-state index contributed by atoms with van der Waals surface area (Å²) >= 11 is 0. The average Bonchev–Trinajstić information content (AvgIpc) is 2.03. The molecule has 0 aromatic heterocycles. The monoisotopic (exact) mass is 151 g/mol. The summed E-state index contributed by atoms with van der Waals surface area (Å²) in [6, 6.07) is 0. The zero-order valence-electron chi connectivity index (χ0n) is 7.43. The molecule has 0 fully saturated rings. The summed E-state index contributed by atoms with van der Waals surface area (Å²) in [5.74, 6) is 0. The quantitative estimate of drug-likeness (QED) is 0.651. The highest BCUT2D eigenvalue weighted by Crippen LogP contribution is 2.25. The van der Waals surface area contributed by atoms with E-state index in [9.17, 15) is 0 Å². The molecule has 62 valence electrons. The van der Waals surface area contributed by atoms with E-state index in [0.717, 1.165) is 19.5 Å². The lowest BCUT2D eigenvalue weighted by Crippen LogP contribution is -2.30. The minimum atomic E-state index is 0.352. The maximum Gasteiger partial charge on any atom is 0.00428 e. The average molecular weight is 151 g/mol. The van der Waals surface area contributed by atoms with Gasteiger partial charge in [-0.3, -0.25) is 0 Å². The summed E-state index contributed by atoms with van der Waals surface area (Å²) in [6.45, 7) is 6.58. The fourth-order valence-corrected chi connectivity index (χ4v) is 1.31. The molecule has 1 nitrogen and oxygen atoms in total. The first kappa shape index (κ1) is 8.54. The topological polar surface area (TPSA) is 12.0 Å². The van der Waals surface area contributed by atoms with Crippen LogP contribution in [0.1, 0.15) is 20.3 Å². The van der Waals surface area contributed by atoms with Crippen LogP contribution in [0.5, 0.6) is 0 Å². The molecule has 1 N–H and O–H groups in total. The Morgan fingerprint density at radius 3 is 2.82 bits per heavy atom. The summed E-state index contributed by atoms with van der Waals surface area (Å²) in [6.07, 6.45) is 9.94. The van der Waals surface area contributed by atoms with Gasteiger partial charge in [0.05, 0.1) is 0 Å². The van der Waals surface area contributed by atoms with Gasteiger partial charge in [0.1, 0.15) is 0 Å². The highest BCUT2D eigenvalue weighted by atomic mass is 14.9. The van der Waals surface area contributed by atoms with Crippen molar-refractivity contribution in [1.29, 1.82) is 0 Å². The number of nitrogens with one attached hydrogen (secondary N) is 1. The fraction of sp³-hybridized carbons (Fsp3) is 0.600. The minimum Gasteiger partial charge on any atom is -0.316 e. The Morgan fingerprint density at radius 2 is 2.27 bits per heavy atom. The van der Waals surface area contributed by atoms with E-state index in [4.69, 9.17) is 0 Å². The maximum atomic E-state index is 3.37. The van der Waals surface area contributed by atoms with Gasteiger partial charge in [0.15, 0.2) is 0 Å². The van der Waals surface area contributed by atoms with Crippen molar-refractivity contribution in [1.82, 2.24) is 5.32 Å². The zero-order valence-corrected chi connectivity index (χ0v) is 7.43. The smallest absolute Gasteiger partial charge is 0.00428 e. The number of hydrogen-bond donors (Lipinski definition) is 1. The lowest BCUT2D eigenvalue weighted by Gasteiger charge is -2.26. The molecule has 0 radical (unpaired) electrons. The Labute approximate surface area is 69.2 Å². The van der Waals surface area contributed by atoms with Gasteiger partial charge in [0.25, 0.3) is 0 Å². The Morgan fingerprint density at radius 1 is 1.45 bits per heavy atom. The van der Waals surface area contributed by atoms with Crippen molar-refractivity contribution in [3.8, 4) is 0 Å². The summed E-state index contributed by atoms with van der Waals surface area (Å²) in [5.41, 5.74) is 0.352. The Bertz CT molecular complexity index is 170. The van der Waals surface area contributed by atoms with E-state index in [1.54, 1.807) is 0 Å². The van der Waals surface area contributed by atoms with E-state index in [1.165, 1.54) is 0 Å². The van der Waals surface area contributed by atoms with E-state index in [-0.39, 0.29) is 0 Å². The largest absolute Gasteiger partial charge is 0.316 e. The summed E-state index contributed by atoms with van der Waals surface area (Å²) in [5, 5.41) is 3.37. The number of allylic oxidation sites excluding steroid dienone is 3. The molecule has 11 heavy (non-hydrogen) atoms. The van der Waals surface area contributed by atoms with Crippen LogP contribution >= 0.6 is 0 Å². The third kappa shape index (κ3) is 2.51. The van der Waals surface area contributed by atoms with Gasteiger partial charge in [-0.05, 0) is 13.0 Å². The molecule has 1 aliphatic carbocycles. The van der Waals surface area contributed by atoms with Crippen molar-refractivity contribution in [2.45, 2.75) is 20.3 Å². The normalized spacial score (nSPS) is 29.3. The molecule has 1 heteroatoms. The Balaban J connectivity index is 2.40. The first-order valence-corrected chi connectivity index (χ1v) is 4.32. The predicted octanol–water partition coefficient (Wildman–Crippen LogP) is 2.12. The molecular weight excluding hydrogens is 134 g/mol. The third-order valence-corrected chi connectivity index (χ3v) is 2.11. The van der Waals surface area contributed by atoms with Gasteiger partial charge >= 0.3 is 0 Å². The van der Waals surface area contributed by atoms with Gasteiger partial charge in [-0.2, -0.15) is 0 Å². The van der Waals surface area contributed by atoms with E-state index in [1.807, 2.05) is 0 Å². The molecule has 0 heterocycles. The molecule has 0 spiro atoms. The van der Waals surface area contributed by atoms with Gasteiger partial charge in [-0.15, -0.1) is 0 Å². The summed E-state index contributed by atoms with van der Waals surface area (Å²) in [4.78, 5) is 0. The van der Waals surface area contributed by atoms with Crippen LogP contribution in [0, 0.1) is 5.41 Å². The predicted molar refractivity (Wildman–Crippen MR) is 49.5 cm³/mol. The molecule has 1 atom stereocenters. The van der Waals surface area contributed by atoms with Crippen LogP contribution in [0.2, 0.25) is 0 Å². The number of hydrogen-bond acceptors (Lipinski definition) is 1. The van der Waals surface area contributed by atoms with E-state index < -0.39 is 0 Å². The van der Waals surface area contributed by atoms with Gasteiger partial charge in [-0.1, -0.05) is 38.2 Å². The zero-order chi connectivity index (χ0) is 8.16. The second-order valence-electron chi connectivity index (χ2n) is 3.43. The van der Waals surface area contributed by atoms with Gasteiger partial charge in [0.2, 0.25) is 0 Å². The lowest BCUT2D eigenvalue weighted by atomic mass is 9.84. The van der Waals surface area contributed by atoms with Crippen LogP contribution in [0.15, 0.2) is 24.3 Å². The van der Waals surface area contributed by atoms with E-state index in [0.29, 0.717) is 5.41 Å². The highest BCUT2D eigenvalue weighted by molar-refractivity contribution is 5.15. The fourth-order valence-electron chi connectivity index (χ4n) is 1.31. The molecule has 1 aliphatic rings. The summed E-state index contributed by atoms with van der Waals surface area (Å²) < 4.78 is 0. The molecule has 0 aromatic rings. The van der Waals surface area contributed by atoms with Crippen LogP contribution in [-0.4, -0.2) is 13.1 Å². The molecule has 1 rings (SSSR count). The van der Waals surface area contributed by atoms with Crippen molar-refractivity contribution in [3.05, 3.63) is 24.3 Å². The molecule has 0 saturated heterocycles. The molecule has 0 aliphatic heterocycles. The second-order valence-corrected chi connectivity index (χ2v) is 3.43. The van der Waals surface area contributed by atoms with Gasteiger partial charge in [-0.25, -0.2) is 0 Å². The number of rotatable bonds is 3. The molecule has 0 amide bonds. The first-order chi connectivity index (χ1) is 5.27. The van der Waals surface area contributed by atoms with Crippen molar-refractivity contribution >= 4 is 0 Å². The van der Waals surface area contributed by atoms with Gasteiger partial charge in [0, 0.05) is 12.0 Å². The lowest BCUT2D eigenvalue weighted by molar-refractivity contribution is 0.399. The van der Waals surface area contributed by atoms with Crippen LogP contribution in [0.4, 0.5) is 0 Å². The standard InChI is InChI=1S/C10H17N/c1-3-11-9-10(2)7-5-4-6-8-10/h4-7,11H,3,8-9H2,1-2H3. The molecule has 0 aromatic carbocycles. The SMILES string of the molecule is CCNCC1(C)C=CC=CC1. The van der Waals surface area contributed by atoms with Crippen LogP contribution in [0.25, 0.3) is 0 Å². The van der Waals surface area contributed by atoms with Crippen LogP contribution in [-0.2, 0) is 0 Å². The Kier molecular flexibility index (Phi) is 2.89. The summed E-state index contributed by atoms with van der Waals surface area (Å²) in [7, 11) is 0.